The number of para-hydroxylation sites is 1. The van der Waals surface area contributed by atoms with Gasteiger partial charge in [-0.25, -0.2) is 4.79 Å². The predicted molar refractivity (Wildman–Crippen MR) is 121 cm³/mol. The SMILES string of the molecule is CCn1cc(CN2CC3CN(C(=O)O)CC3C2)c(-c2ccccc2N2CCCCC2)n1. The molecule has 31 heavy (non-hydrogen) atoms. The summed E-state index contributed by atoms with van der Waals surface area (Å²) in [5.41, 5.74) is 4.93. The van der Waals surface area contributed by atoms with Gasteiger partial charge in [0.2, 0.25) is 0 Å². The van der Waals surface area contributed by atoms with Gasteiger partial charge in [0, 0.05) is 75.4 Å². The van der Waals surface area contributed by atoms with E-state index in [1.165, 1.54) is 36.1 Å². The van der Waals surface area contributed by atoms with Crippen LogP contribution >= 0.6 is 0 Å². The van der Waals surface area contributed by atoms with Crippen molar-refractivity contribution in [2.24, 2.45) is 11.8 Å². The molecule has 1 aromatic carbocycles. The maximum atomic E-state index is 11.3. The summed E-state index contributed by atoms with van der Waals surface area (Å²) in [6, 6.07) is 8.73. The molecule has 2 aromatic rings. The molecule has 4 heterocycles. The van der Waals surface area contributed by atoms with Crippen LogP contribution in [0, 0.1) is 11.8 Å². The van der Waals surface area contributed by atoms with Crippen molar-refractivity contribution < 1.29 is 9.90 Å². The van der Waals surface area contributed by atoms with Crippen LogP contribution in [-0.4, -0.2) is 70.0 Å². The topological polar surface area (TPSA) is 64.8 Å². The lowest BCUT2D eigenvalue weighted by Crippen LogP contribution is -2.32. The number of aryl methyl sites for hydroxylation is 1. The zero-order valence-corrected chi connectivity index (χ0v) is 18.4. The molecule has 1 aromatic heterocycles. The van der Waals surface area contributed by atoms with Gasteiger partial charge in [-0.1, -0.05) is 18.2 Å². The molecule has 3 aliphatic rings. The molecule has 7 heteroatoms. The zero-order valence-electron chi connectivity index (χ0n) is 18.4. The first-order chi connectivity index (χ1) is 15.1. The average molecular weight is 424 g/mol. The molecule has 0 spiro atoms. The molecule has 0 aliphatic carbocycles. The molecule has 7 nitrogen and oxygen atoms in total. The molecule has 3 saturated heterocycles. The second-order valence-electron chi connectivity index (χ2n) is 9.33. The molecule has 2 atom stereocenters. The van der Waals surface area contributed by atoms with Gasteiger partial charge in [-0.15, -0.1) is 0 Å². The number of carboxylic acid groups (broad SMARTS) is 1. The summed E-state index contributed by atoms with van der Waals surface area (Å²) in [6.07, 6.45) is 5.27. The van der Waals surface area contributed by atoms with Crippen LogP contribution in [-0.2, 0) is 13.1 Å². The van der Waals surface area contributed by atoms with Crippen molar-refractivity contribution in [3.05, 3.63) is 36.0 Å². The summed E-state index contributed by atoms with van der Waals surface area (Å²) in [6.45, 7) is 9.41. The van der Waals surface area contributed by atoms with Crippen LogP contribution in [0.1, 0.15) is 31.7 Å². The fourth-order valence-electron chi connectivity index (χ4n) is 5.67. The van der Waals surface area contributed by atoms with E-state index in [4.69, 9.17) is 5.10 Å². The van der Waals surface area contributed by atoms with Crippen molar-refractivity contribution in [3.63, 3.8) is 0 Å². The normalized spacial score (nSPS) is 24.0. The predicted octanol–water partition coefficient (Wildman–Crippen LogP) is 3.60. The Morgan fingerprint density at radius 3 is 2.45 bits per heavy atom. The summed E-state index contributed by atoms with van der Waals surface area (Å²) < 4.78 is 2.06. The minimum Gasteiger partial charge on any atom is -0.465 e. The second kappa shape index (κ2) is 8.54. The van der Waals surface area contributed by atoms with Gasteiger partial charge in [0.15, 0.2) is 0 Å². The number of amides is 1. The summed E-state index contributed by atoms with van der Waals surface area (Å²) in [5, 5.41) is 14.3. The Balaban J connectivity index is 1.38. The molecule has 0 saturated carbocycles. The molecule has 5 rings (SSSR count). The highest BCUT2D eigenvalue weighted by molar-refractivity contribution is 5.78. The molecular weight excluding hydrogens is 390 g/mol. The van der Waals surface area contributed by atoms with E-state index in [0.717, 1.165) is 45.0 Å². The maximum absolute atomic E-state index is 11.3. The molecule has 3 aliphatic heterocycles. The lowest BCUT2D eigenvalue weighted by molar-refractivity contribution is 0.148. The van der Waals surface area contributed by atoms with E-state index in [0.29, 0.717) is 24.9 Å². The van der Waals surface area contributed by atoms with E-state index in [1.807, 2.05) is 0 Å². The fraction of sp³-hybridized carbons (Fsp3) is 0.583. The Labute approximate surface area is 184 Å². The zero-order chi connectivity index (χ0) is 21.4. The number of hydrogen-bond acceptors (Lipinski definition) is 4. The Hall–Kier alpha value is -2.54. The standard InChI is InChI=1S/C24H33N5O2/c1-2-29-17-20(14-26-12-18-15-28(24(30)31)16-19(18)13-26)23(25-29)21-8-4-5-9-22(21)27-10-6-3-7-11-27/h4-5,8-9,17-19H,2-3,6-7,10-16H2,1H3,(H,30,31). The van der Waals surface area contributed by atoms with E-state index in [9.17, 15) is 9.90 Å². The van der Waals surface area contributed by atoms with E-state index in [1.54, 1.807) is 4.90 Å². The Bertz CT molecular complexity index is 922. The van der Waals surface area contributed by atoms with Gasteiger partial charge in [-0.3, -0.25) is 9.58 Å². The van der Waals surface area contributed by atoms with Gasteiger partial charge in [0.1, 0.15) is 0 Å². The number of likely N-dealkylation sites (tertiary alicyclic amines) is 2. The van der Waals surface area contributed by atoms with E-state index >= 15 is 0 Å². The number of benzene rings is 1. The molecule has 2 unspecified atom stereocenters. The second-order valence-corrected chi connectivity index (χ2v) is 9.33. The maximum Gasteiger partial charge on any atom is 0.407 e. The van der Waals surface area contributed by atoms with Crippen LogP contribution in [0.25, 0.3) is 11.3 Å². The van der Waals surface area contributed by atoms with Crippen molar-refractivity contribution in [1.82, 2.24) is 19.6 Å². The smallest absolute Gasteiger partial charge is 0.407 e. The van der Waals surface area contributed by atoms with Crippen molar-refractivity contribution in [2.45, 2.75) is 39.3 Å². The monoisotopic (exact) mass is 423 g/mol. The first-order valence-corrected chi connectivity index (χ1v) is 11.7. The van der Waals surface area contributed by atoms with Gasteiger partial charge in [0.05, 0.1) is 5.69 Å². The van der Waals surface area contributed by atoms with Gasteiger partial charge in [0.25, 0.3) is 0 Å². The van der Waals surface area contributed by atoms with E-state index in [-0.39, 0.29) is 0 Å². The molecule has 1 N–H and O–H groups in total. The summed E-state index contributed by atoms with van der Waals surface area (Å²) in [5.74, 6) is 0.919. The molecule has 166 valence electrons. The minimum absolute atomic E-state index is 0.460. The number of fused-ring (bicyclic) bond motifs is 1. The van der Waals surface area contributed by atoms with Crippen LogP contribution in [0.4, 0.5) is 10.5 Å². The average Bonchev–Trinajstić information content (AvgIpc) is 3.48. The minimum atomic E-state index is -0.776. The van der Waals surface area contributed by atoms with Crippen molar-refractivity contribution in [1.29, 1.82) is 0 Å². The summed E-state index contributed by atoms with van der Waals surface area (Å²) >= 11 is 0. The molecule has 0 bridgehead atoms. The Morgan fingerprint density at radius 1 is 1.06 bits per heavy atom. The van der Waals surface area contributed by atoms with Gasteiger partial charge in [-0.2, -0.15) is 5.10 Å². The van der Waals surface area contributed by atoms with Gasteiger partial charge in [-0.05, 0) is 44.1 Å². The van der Waals surface area contributed by atoms with Gasteiger partial charge >= 0.3 is 6.09 Å². The number of anilines is 1. The first kappa shape index (κ1) is 20.4. The number of nitrogens with zero attached hydrogens (tertiary/aromatic N) is 5. The number of rotatable bonds is 5. The third-order valence-electron chi connectivity index (χ3n) is 7.24. The number of carbonyl (C=O) groups is 1. The third kappa shape index (κ3) is 4.03. The Morgan fingerprint density at radius 2 is 1.77 bits per heavy atom. The largest absolute Gasteiger partial charge is 0.465 e. The first-order valence-electron chi connectivity index (χ1n) is 11.7. The van der Waals surface area contributed by atoms with Crippen molar-refractivity contribution in [3.8, 4) is 11.3 Å². The van der Waals surface area contributed by atoms with Crippen LogP contribution in [0.3, 0.4) is 0 Å². The molecule has 3 fully saturated rings. The molecule has 1 amide bonds. The lowest BCUT2D eigenvalue weighted by atomic mass is 10.0. The fourth-order valence-corrected chi connectivity index (χ4v) is 5.67. The van der Waals surface area contributed by atoms with E-state index < -0.39 is 6.09 Å². The summed E-state index contributed by atoms with van der Waals surface area (Å²) in [7, 11) is 0. The Kier molecular flexibility index (Phi) is 5.61. The highest BCUT2D eigenvalue weighted by Crippen LogP contribution is 2.36. The van der Waals surface area contributed by atoms with Crippen LogP contribution in [0.2, 0.25) is 0 Å². The molecular formula is C24H33N5O2. The van der Waals surface area contributed by atoms with Crippen LogP contribution < -0.4 is 4.90 Å². The van der Waals surface area contributed by atoms with Crippen LogP contribution in [0.5, 0.6) is 0 Å². The van der Waals surface area contributed by atoms with Crippen molar-refractivity contribution in [2.75, 3.05) is 44.2 Å². The highest BCUT2D eigenvalue weighted by Gasteiger charge is 2.41. The van der Waals surface area contributed by atoms with Crippen LogP contribution in [0.15, 0.2) is 30.5 Å². The quantitative estimate of drug-likeness (QED) is 0.796. The van der Waals surface area contributed by atoms with Gasteiger partial charge < -0.3 is 14.9 Å². The molecule has 0 radical (unpaired) electrons. The van der Waals surface area contributed by atoms with E-state index in [2.05, 4.69) is 51.9 Å². The third-order valence-corrected chi connectivity index (χ3v) is 7.24. The number of piperidine rings is 1. The van der Waals surface area contributed by atoms with Crippen molar-refractivity contribution >= 4 is 11.8 Å². The number of hydrogen-bond donors (Lipinski definition) is 1. The lowest BCUT2D eigenvalue weighted by Gasteiger charge is -2.30. The number of aromatic nitrogens is 2. The summed E-state index contributed by atoms with van der Waals surface area (Å²) in [4.78, 5) is 17.9. The highest BCUT2D eigenvalue weighted by atomic mass is 16.4.